The molecular weight excluding hydrogens is 438 g/mol. The summed E-state index contributed by atoms with van der Waals surface area (Å²) in [5, 5.41) is 4.19. The van der Waals surface area contributed by atoms with Crippen LogP contribution in [0.3, 0.4) is 0 Å². The molecule has 0 saturated heterocycles. The van der Waals surface area contributed by atoms with Crippen LogP contribution in [0.2, 0.25) is 5.02 Å². The number of aryl methyl sites for hydroxylation is 2. The lowest BCUT2D eigenvalue weighted by Crippen LogP contribution is -2.34. The van der Waals surface area contributed by atoms with Gasteiger partial charge in [-0.15, -0.1) is 0 Å². The largest absolute Gasteiger partial charge is 0.331 e. The molecule has 5 nitrogen and oxygen atoms in total. The first-order chi connectivity index (χ1) is 15.5. The van der Waals surface area contributed by atoms with Crippen molar-refractivity contribution in [3.63, 3.8) is 0 Å². The highest BCUT2D eigenvalue weighted by Crippen LogP contribution is 2.27. The van der Waals surface area contributed by atoms with Gasteiger partial charge in [0.1, 0.15) is 0 Å². The van der Waals surface area contributed by atoms with Gasteiger partial charge in [-0.2, -0.15) is 0 Å². The number of anilines is 2. The third-order valence-corrected chi connectivity index (χ3v) is 5.44. The lowest BCUT2D eigenvalue weighted by atomic mass is 10.0. The van der Waals surface area contributed by atoms with Gasteiger partial charge in [0.05, 0.1) is 11.4 Å². The van der Waals surface area contributed by atoms with E-state index in [-0.39, 0.29) is 0 Å². The second-order valence-corrected chi connectivity index (χ2v) is 8.18. The number of hydrogen-bond acceptors (Lipinski definition) is 4. The van der Waals surface area contributed by atoms with E-state index in [0.717, 1.165) is 28.2 Å². The van der Waals surface area contributed by atoms with Crippen molar-refractivity contribution >= 4 is 40.6 Å². The zero-order chi connectivity index (χ0) is 22.5. The second kappa shape index (κ2) is 9.77. The molecule has 0 unspecified atom stereocenters. The minimum Gasteiger partial charge on any atom is -0.331 e. The first-order valence-corrected chi connectivity index (χ1v) is 10.9. The maximum Gasteiger partial charge on any atom is 0.242 e. The maximum atomic E-state index is 6.06. The van der Waals surface area contributed by atoms with Gasteiger partial charge in [0.25, 0.3) is 0 Å². The quantitative estimate of drug-likeness (QED) is 0.237. The molecule has 0 atom stereocenters. The Morgan fingerprint density at radius 3 is 2.12 bits per heavy atom. The predicted octanol–water partition coefficient (Wildman–Crippen LogP) is 6.39. The van der Waals surface area contributed by atoms with E-state index in [2.05, 4.69) is 53.2 Å². The third kappa shape index (κ3) is 5.41. The number of aromatic nitrogens is 2. The van der Waals surface area contributed by atoms with Crippen molar-refractivity contribution in [1.29, 1.82) is 0 Å². The summed E-state index contributed by atoms with van der Waals surface area (Å²) < 4.78 is 0. The molecule has 160 valence electrons. The number of hydrazine groups is 1. The number of nitrogens with zero attached hydrogens (tertiary/aromatic N) is 2. The van der Waals surface area contributed by atoms with Gasteiger partial charge >= 0.3 is 0 Å². The summed E-state index contributed by atoms with van der Waals surface area (Å²) in [4.78, 5) is 9.36. The lowest BCUT2D eigenvalue weighted by Gasteiger charge is -2.14. The fourth-order valence-corrected chi connectivity index (χ4v) is 3.41. The highest BCUT2D eigenvalue weighted by Gasteiger charge is 2.10. The number of nitrogens with one attached hydrogen (secondary N) is 3. The molecule has 0 fully saturated rings. The van der Waals surface area contributed by atoms with E-state index in [1.54, 1.807) is 0 Å². The van der Waals surface area contributed by atoms with Crippen molar-refractivity contribution in [2.75, 3.05) is 10.7 Å². The van der Waals surface area contributed by atoms with Gasteiger partial charge in [-0.1, -0.05) is 54.1 Å². The molecular formula is C25H22ClN5S. The number of halogens is 1. The highest BCUT2D eigenvalue weighted by molar-refractivity contribution is 7.80. The van der Waals surface area contributed by atoms with Gasteiger partial charge in [-0.25, -0.2) is 9.97 Å². The molecule has 0 bridgehead atoms. The van der Waals surface area contributed by atoms with Crippen LogP contribution < -0.4 is 16.2 Å². The first kappa shape index (κ1) is 21.7. The maximum absolute atomic E-state index is 6.06. The zero-order valence-electron chi connectivity index (χ0n) is 17.7. The number of rotatable bonds is 5. The van der Waals surface area contributed by atoms with Crippen LogP contribution >= 0.6 is 23.8 Å². The van der Waals surface area contributed by atoms with E-state index < -0.39 is 0 Å². The van der Waals surface area contributed by atoms with Gasteiger partial charge in [-0.05, 0) is 73.6 Å². The molecule has 3 N–H and O–H groups in total. The average Bonchev–Trinajstić information content (AvgIpc) is 2.80. The molecule has 0 aliphatic carbocycles. The van der Waals surface area contributed by atoms with Crippen LogP contribution in [-0.4, -0.2) is 15.1 Å². The summed E-state index contributed by atoms with van der Waals surface area (Å²) in [5.41, 5.74) is 12.8. The standard InChI is InChI=1S/C25H22ClN5S/c1-16-8-9-19(14-17(16)2)23-15-22(18-10-12-20(26)13-11-18)28-24(29-23)30-31-25(32)27-21-6-4-3-5-7-21/h3-15H,1-2H3,(H2,27,31,32)(H,28,29,30). The highest BCUT2D eigenvalue weighted by atomic mass is 35.5. The summed E-state index contributed by atoms with van der Waals surface area (Å²) in [7, 11) is 0. The Kier molecular flexibility index (Phi) is 6.63. The Morgan fingerprint density at radius 2 is 1.44 bits per heavy atom. The SMILES string of the molecule is Cc1ccc(-c2cc(-c3ccc(Cl)cc3)nc(NNC(=S)Nc3ccccc3)n2)cc1C. The smallest absolute Gasteiger partial charge is 0.242 e. The topological polar surface area (TPSA) is 61.9 Å². The predicted molar refractivity (Wildman–Crippen MR) is 137 cm³/mol. The fraction of sp³-hybridized carbons (Fsp3) is 0.0800. The van der Waals surface area contributed by atoms with Crippen LogP contribution in [0.1, 0.15) is 11.1 Å². The van der Waals surface area contributed by atoms with Gasteiger partial charge in [0, 0.05) is 21.8 Å². The molecule has 4 aromatic rings. The molecule has 32 heavy (non-hydrogen) atoms. The molecule has 1 aromatic heterocycles. The van der Waals surface area contributed by atoms with Crippen molar-refractivity contribution in [3.05, 3.63) is 95.0 Å². The van der Waals surface area contributed by atoms with E-state index in [1.807, 2.05) is 60.7 Å². The van der Waals surface area contributed by atoms with Crippen LogP contribution in [0.15, 0.2) is 78.9 Å². The summed E-state index contributed by atoms with van der Waals surface area (Å²) in [6, 6.07) is 25.5. The molecule has 7 heteroatoms. The van der Waals surface area contributed by atoms with Gasteiger partial charge in [0.15, 0.2) is 5.11 Å². The van der Waals surface area contributed by atoms with Gasteiger partial charge < -0.3 is 5.32 Å². The average molecular weight is 460 g/mol. The van der Waals surface area contributed by atoms with Crippen LogP contribution in [-0.2, 0) is 0 Å². The molecule has 0 spiro atoms. The minimum atomic E-state index is 0.405. The molecule has 0 aliphatic heterocycles. The fourth-order valence-electron chi connectivity index (χ4n) is 3.12. The second-order valence-electron chi connectivity index (χ2n) is 7.34. The zero-order valence-corrected chi connectivity index (χ0v) is 19.3. The monoisotopic (exact) mass is 459 g/mol. The van der Waals surface area contributed by atoms with Gasteiger partial charge in [0.2, 0.25) is 5.95 Å². The van der Waals surface area contributed by atoms with E-state index in [0.29, 0.717) is 16.1 Å². The molecule has 0 radical (unpaired) electrons. The van der Waals surface area contributed by atoms with E-state index in [1.165, 1.54) is 11.1 Å². The van der Waals surface area contributed by atoms with Crippen molar-refractivity contribution in [3.8, 4) is 22.5 Å². The summed E-state index contributed by atoms with van der Waals surface area (Å²) in [6.45, 7) is 4.18. The number of hydrogen-bond donors (Lipinski definition) is 3. The van der Waals surface area contributed by atoms with Crippen LogP contribution in [0.4, 0.5) is 11.6 Å². The summed E-state index contributed by atoms with van der Waals surface area (Å²) in [6.07, 6.45) is 0. The van der Waals surface area contributed by atoms with Crippen LogP contribution in [0, 0.1) is 13.8 Å². The Morgan fingerprint density at radius 1 is 0.781 bits per heavy atom. The molecule has 4 rings (SSSR count). The Labute approximate surface area is 197 Å². The third-order valence-electron chi connectivity index (χ3n) is 4.99. The lowest BCUT2D eigenvalue weighted by molar-refractivity contribution is 1.04. The van der Waals surface area contributed by atoms with Crippen molar-refractivity contribution < 1.29 is 0 Å². The van der Waals surface area contributed by atoms with Gasteiger partial charge in [-0.3, -0.25) is 10.9 Å². The molecule has 0 amide bonds. The number of para-hydroxylation sites is 1. The van der Waals surface area contributed by atoms with Crippen LogP contribution in [0.5, 0.6) is 0 Å². The van der Waals surface area contributed by atoms with Crippen molar-refractivity contribution in [1.82, 2.24) is 15.4 Å². The molecule has 0 saturated carbocycles. The Bertz CT molecular complexity index is 1240. The van der Waals surface area contributed by atoms with E-state index in [9.17, 15) is 0 Å². The summed E-state index contributed by atoms with van der Waals surface area (Å²) >= 11 is 11.4. The first-order valence-electron chi connectivity index (χ1n) is 10.1. The number of benzene rings is 3. The molecule has 0 aliphatic rings. The van der Waals surface area contributed by atoms with E-state index in [4.69, 9.17) is 28.8 Å². The summed E-state index contributed by atoms with van der Waals surface area (Å²) in [5.74, 6) is 0.405. The number of thiocarbonyl (C=S) groups is 1. The Balaban J connectivity index is 1.63. The van der Waals surface area contributed by atoms with Crippen molar-refractivity contribution in [2.24, 2.45) is 0 Å². The van der Waals surface area contributed by atoms with E-state index >= 15 is 0 Å². The molecule has 1 heterocycles. The van der Waals surface area contributed by atoms with Crippen molar-refractivity contribution in [2.45, 2.75) is 13.8 Å². The minimum absolute atomic E-state index is 0.405. The van der Waals surface area contributed by atoms with Crippen LogP contribution in [0.25, 0.3) is 22.5 Å². The Hall–Kier alpha value is -3.48. The normalized spacial score (nSPS) is 10.5. The molecule has 3 aromatic carbocycles.